The minimum Gasteiger partial charge on any atom is -0.479 e. The molecule has 0 atom stereocenters. The molecule has 0 spiro atoms. The summed E-state index contributed by atoms with van der Waals surface area (Å²) in [7, 11) is 0. The van der Waals surface area contributed by atoms with Gasteiger partial charge in [-0.15, -0.1) is 6.42 Å². The van der Waals surface area contributed by atoms with Gasteiger partial charge in [-0.05, 0) is 42.3 Å². The van der Waals surface area contributed by atoms with Crippen molar-refractivity contribution in [2.24, 2.45) is 0 Å². The van der Waals surface area contributed by atoms with Crippen molar-refractivity contribution in [1.29, 1.82) is 0 Å². The summed E-state index contributed by atoms with van der Waals surface area (Å²) in [5.74, 6) is 3.03. The van der Waals surface area contributed by atoms with Crippen molar-refractivity contribution in [2.45, 2.75) is 13.5 Å². The molecule has 0 aliphatic rings. The van der Waals surface area contributed by atoms with Gasteiger partial charge in [0, 0.05) is 12.2 Å². The Balaban J connectivity index is 2.00. The predicted molar refractivity (Wildman–Crippen MR) is 84.3 cm³/mol. The van der Waals surface area contributed by atoms with Crippen LogP contribution in [-0.2, 0) is 6.54 Å². The van der Waals surface area contributed by atoms with Gasteiger partial charge in [-0.1, -0.05) is 35.7 Å². The van der Waals surface area contributed by atoms with E-state index in [0.717, 1.165) is 11.3 Å². The number of ether oxygens (including phenoxy) is 1. The Morgan fingerprint density at radius 1 is 1.25 bits per heavy atom. The van der Waals surface area contributed by atoms with Crippen LogP contribution in [0.3, 0.4) is 0 Å². The molecule has 0 radical (unpaired) electrons. The number of terminal acetylenes is 1. The van der Waals surface area contributed by atoms with Crippen molar-refractivity contribution in [3.63, 3.8) is 0 Å². The normalized spacial score (nSPS) is 9.85. The number of anilines is 1. The van der Waals surface area contributed by atoms with Gasteiger partial charge in [0.05, 0.1) is 5.02 Å². The van der Waals surface area contributed by atoms with Gasteiger partial charge in [0.15, 0.2) is 0 Å². The van der Waals surface area contributed by atoms with Crippen LogP contribution >= 0.6 is 11.6 Å². The second kappa shape index (κ2) is 6.88. The zero-order valence-electron chi connectivity index (χ0n) is 11.3. The monoisotopic (exact) mass is 285 g/mol. The second-order valence-corrected chi connectivity index (χ2v) is 4.89. The van der Waals surface area contributed by atoms with E-state index in [1.807, 2.05) is 30.3 Å². The van der Waals surface area contributed by atoms with E-state index >= 15 is 0 Å². The lowest BCUT2D eigenvalue weighted by Gasteiger charge is -2.10. The number of benzene rings is 2. The predicted octanol–water partition coefficient (Wildman–Crippen LogP) is 4.27. The van der Waals surface area contributed by atoms with E-state index in [9.17, 15) is 0 Å². The van der Waals surface area contributed by atoms with E-state index in [1.54, 1.807) is 0 Å². The molecular formula is C17H16ClNO. The van der Waals surface area contributed by atoms with Crippen molar-refractivity contribution < 1.29 is 4.74 Å². The topological polar surface area (TPSA) is 21.3 Å². The molecule has 1 N–H and O–H groups in total. The summed E-state index contributed by atoms with van der Waals surface area (Å²) in [5, 5.41) is 3.93. The van der Waals surface area contributed by atoms with Gasteiger partial charge < -0.3 is 10.1 Å². The second-order valence-electron chi connectivity index (χ2n) is 4.48. The van der Waals surface area contributed by atoms with Crippen LogP contribution in [0.5, 0.6) is 5.75 Å². The smallest absolute Gasteiger partial charge is 0.148 e. The van der Waals surface area contributed by atoms with Crippen LogP contribution in [0.2, 0.25) is 5.02 Å². The molecule has 0 fully saturated rings. The number of aryl methyl sites for hydroxylation is 1. The van der Waals surface area contributed by atoms with Crippen molar-refractivity contribution in [2.75, 3.05) is 11.9 Å². The van der Waals surface area contributed by atoms with E-state index < -0.39 is 0 Å². The van der Waals surface area contributed by atoms with Gasteiger partial charge >= 0.3 is 0 Å². The minimum absolute atomic E-state index is 0.223. The molecule has 20 heavy (non-hydrogen) atoms. The highest BCUT2D eigenvalue weighted by Gasteiger charge is 2.03. The Labute approximate surface area is 124 Å². The Kier molecular flexibility index (Phi) is 4.92. The maximum Gasteiger partial charge on any atom is 0.148 e. The lowest BCUT2D eigenvalue weighted by atomic mass is 10.2. The highest BCUT2D eigenvalue weighted by molar-refractivity contribution is 6.32. The van der Waals surface area contributed by atoms with E-state index in [1.165, 1.54) is 5.56 Å². The average Bonchev–Trinajstić information content (AvgIpc) is 2.44. The molecule has 102 valence electrons. The number of halogens is 1. The van der Waals surface area contributed by atoms with Gasteiger partial charge in [-0.25, -0.2) is 0 Å². The third-order valence-electron chi connectivity index (χ3n) is 2.82. The zero-order valence-corrected chi connectivity index (χ0v) is 12.1. The fourth-order valence-corrected chi connectivity index (χ4v) is 2.11. The summed E-state index contributed by atoms with van der Waals surface area (Å²) in [6, 6.07) is 13.9. The molecule has 0 unspecified atom stereocenters. The number of hydrogen-bond donors (Lipinski definition) is 1. The summed E-state index contributed by atoms with van der Waals surface area (Å²) < 4.78 is 5.33. The highest BCUT2D eigenvalue weighted by atomic mass is 35.5. The Morgan fingerprint density at radius 2 is 2.10 bits per heavy atom. The number of rotatable bonds is 5. The number of hydrogen-bond acceptors (Lipinski definition) is 2. The largest absolute Gasteiger partial charge is 0.479 e. The van der Waals surface area contributed by atoms with E-state index in [4.69, 9.17) is 22.8 Å². The van der Waals surface area contributed by atoms with Gasteiger partial charge in [0.2, 0.25) is 0 Å². The fourth-order valence-electron chi connectivity index (χ4n) is 1.85. The summed E-state index contributed by atoms with van der Waals surface area (Å²) in [6.45, 7) is 3.00. The zero-order chi connectivity index (χ0) is 14.4. The summed E-state index contributed by atoms with van der Waals surface area (Å²) >= 11 is 6.15. The average molecular weight is 286 g/mol. The van der Waals surface area contributed by atoms with Crippen LogP contribution in [0, 0.1) is 19.3 Å². The summed E-state index contributed by atoms with van der Waals surface area (Å²) in [6.07, 6.45) is 5.15. The molecule has 0 bridgehead atoms. The molecule has 0 saturated heterocycles. The first-order chi connectivity index (χ1) is 9.69. The summed E-state index contributed by atoms with van der Waals surface area (Å²) in [4.78, 5) is 0. The fraction of sp³-hybridized carbons (Fsp3) is 0.176. The molecule has 2 aromatic rings. The van der Waals surface area contributed by atoms with Crippen LogP contribution in [0.25, 0.3) is 0 Å². The van der Waals surface area contributed by atoms with Gasteiger partial charge in [0.25, 0.3) is 0 Å². The lowest BCUT2D eigenvalue weighted by molar-refractivity contribution is 0.370. The van der Waals surface area contributed by atoms with Gasteiger partial charge in [0.1, 0.15) is 12.4 Å². The molecular weight excluding hydrogens is 270 g/mol. The SMILES string of the molecule is C#CCOc1ccc(CNc2cccc(C)c2)cc1Cl. The van der Waals surface area contributed by atoms with Gasteiger partial charge in [-0.2, -0.15) is 0 Å². The van der Waals surface area contributed by atoms with Crippen LogP contribution in [0.15, 0.2) is 42.5 Å². The van der Waals surface area contributed by atoms with Crippen molar-refractivity contribution >= 4 is 17.3 Å². The van der Waals surface area contributed by atoms with Crippen molar-refractivity contribution in [1.82, 2.24) is 0 Å². The third kappa shape index (κ3) is 3.94. The Hall–Kier alpha value is -2.11. The first-order valence-electron chi connectivity index (χ1n) is 6.34. The van der Waals surface area contributed by atoms with Crippen molar-refractivity contribution in [3.05, 3.63) is 58.6 Å². The highest BCUT2D eigenvalue weighted by Crippen LogP contribution is 2.25. The molecule has 0 aromatic heterocycles. The molecule has 0 saturated carbocycles. The molecule has 3 heteroatoms. The Bertz CT molecular complexity index is 631. The third-order valence-corrected chi connectivity index (χ3v) is 3.12. The quantitative estimate of drug-likeness (QED) is 0.828. The van der Waals surface area contributed by atoms with E-state index in [-0.39, 0.29) is 6.61 Å². The van der Waals surface area contributed by atoms with Crippen LogP contribution in [0.1, 0.15) is 11.1 Å². The molecule has 0 heterocycles. The summed E-state index contributed by atoms with van der Waals surface area (Å²) in [5.41, 5.74) is 3.41. The van der Waals surface area contributed by atoms with Crippen LogP contribution in [-0.4, -0.2) is 6.61 Å². The molecule has 2 nitrogen and oxygen atoms in total. The molecule has 0 aliphatic carbocycles. The molecule has 0 aliphatic heterocycles. The number of nitrogens with one attached hydrogen (secondary N) is 1. The minimum atomic E-state index is 0.223. The maximum absolute atomic E-state index is 6.15. The standard InChI is InChI=1S/C17H16ClNO/c1-3-9-20-17-8-7-14(11-16(17)18)12-19-15-6-4-5-13(2)10-15/h1,4-8,10-11,19H,9,12H2,2H3. The molecule has 0 amide bonds. The van der Waals surface area contributed by atoms with Crippen molar-refractivity contribution in [3.8, 4) is 18.1 Å². The molecule has 2 rings (SSSR count). The molecule has 2 aromatic carbocycles. The van der Waals surface area contributed by atoms with Gasteiger partial charge in [-0.3, -0.25) is 0 Å². The lowest BCUT2D eigenvalue weighted by Crippen LogP contribution is -2.00. The van der Waals surface area contributed by atoms with E-state index in [2.05, 4.69) is 30.3 Å². The maximum atomic E-state index is 6.15. The first kappa shape index (κ1) is 14.3. The van der Waals surface area contributed by atoms with Crippen LogP contribution in [0.4, 0.5) is 5.69 Å². The van der Waals surface area contributed by atoms with E-state index in [0.29, 0.717) is 17.3 Å². The Morgan fingerprint density at radius 3 is 2.80 bits per heavy atom. The first-order valence-corrected chi connectivity index (χ1v) is 6.72. The van der Waals surface area contributed by atoms with Crippen LogP contribution < -0.4 is 10.1 Å².